The number of rotatable bonds is 6. The second-order valence-electron chi connectivity index (χ2n) is 4.07. The van der Waals surface area contributed by atoms with Crippen LogP contribution in [0.5, 0.6) is 11.5 Å². The van der Waals surface area contributed by atoms with Crippen molar-refractivity contribution in [1.29, 1.82) is 0 Å². The lowest BCUT2D eigenvalue weighted by atomic mass is 10.2. The molecule has 0 saturated carbocycles. The van der Waals surface area contributed by atoms with E-state index < -0.39 is 0 Å². The molecule has 0 bridgehead atoms. The van der Waals surface area contributed by atoms with E-state index in [1.165, 1.54) is 0 Å². The van der Waals surface area contributed by atoms with Crippen LogP contribution in [0.1, 0.15) is 12.5 Å². The first-order valence-electron chi connectivity index (χ1n) is 6.28. The van der Waals surface area contributed by atoms with Crippen LogP contribution in [-0.4, -0.2) is 11.7 Å². The van der Waals surface area contributed by atoms with E-state index in [1.54, 1.807) is 12.1 Å². The number of nitrogens with one attached hydrogen (secondary N) is 2. The van der Waals surface area contributed by atoms with Gasteiger partial charge in [0.1, 0.15) is 11.5 Å². The largest absolute Gasteiger partial charge is 0.508 e. The number of para-hydroxylation sites is 1. The lowest BCUT2D eigenvalue weighted by Crippen LogP contribution is -2.20. The van der Waals surface area contributed by atoms with Gasteiger partial charge in [0.2, 0.25) is 0 Å². The van der Waals surface area contributed by atoms with Crippen LogP contribution in [0.2, 0.25) is 0 Å². The summed E-state index contributed by atoms with van der Waals surface area (Å²) in [4.78, 5) is 0. The standard InChI is InChI=1S/C15H18N2O2/c1-2-19-14-8-9-15(18)12(10-14)11-16-17-13-6-4-3-5-7-13/h3-10,16-18H,2,11H2,1H3. The van der Waals surface area contributed by atoms with Gasteiger partial charge in [-0.25, -0.2) is 5.43 Å². The zero-order valence-corrected chi connectivity index (χ0v) is 10.9. The summed E-state index contributed by atoms with van der Waals surface area (Å²) in [5.74, 6) is 1.02. The van der Waals surface area contributed by atoms with E-state index in [4.69, 9.17) is 4.74 Å². The molecule has 0 aromatic heterocycles. The Labute approximate surface area is 113 Å². The maximum atomic E-state index is 9.78. The molecule has 0 fully saturated rings. The molecule has 0 aliphatic rings. The van der Waals surface area contributed by atoms with Gasteiger partial charge >= 0.3 is 0 Å². The molecule has 4 nitrogen and oxygen atoms in total. The zero-order valence-electron chi connectivity index (χ0n) is 10.9. The Hall–Kier alpha value is -2.20. The van der Waals surface area contributed by atoms with Crippen LogP contribution in [0.15, 0.2) is 48.5 Å². The number of phenols is 1. The molecule has 0 spiro atoms. The second-order valence-corrected chi connectivity index (χ2v) is 4.07. The van der Waals surface area contributed by atoms with Crippen molar-refractivity contribution < 1.29 is 9.84 Å². The fourth-order valence-corrected chi connectivity index (χ4v) is 1.72. The normalized spacial score (nSPS) is 10.2. The van der Waals surface area contributed by atoms with Gasteiger partial charge in [-0.05, 0) is 37.3 Å². The Morgan fingerprint density at radius 3 is 2.63 bits per heavy atom. The molecule has 0 unspecified atom stereocenters. The fraction of sp³-hybridized carbons (Fsp3) is 0.200. The van der Waals surface area contributed by atoms with E-state index in [1.807, 2.05) is 43.3 Å². The number of hydrogen-bond donors (Lipinski definition) is 3. The SMILES string of the molecule is CCOc1ccc(O)c(CNNc2ccccc2)c1. The summed E-state index contributed by atoms with van der Waals surface area (Å²) in [6, 6.07) is 15.0. The highest BCUT2D eigenvalue weighted by molar-refractivity contribution is 5.42. The third kappa shape index (κ3) is 3.89. The summed E-state index contributed by atoms with van der Waals surface area (Å²) < 4.78 is 5.41. The predicted molar refractivity (Wildman–Crippen MR) is 76.2 cm³/mol. The Morgan fingerprint density at radius 2 is 1.89 bits per heavy atom. The third-order valence-electron chi connectivity index (χ3n) is 2.65. The van der Waals surface area contributed by atoms with E-state index in [0.29, 0.717) is 13.2 Å². The van der Waals surface area contributed by atoms with E-state index in [0.717, 1.165) is 17.0 Å². The van der Waals surface area contributed by atoms with Crippen LogP contribution < -0.4 is 15.6 Å². The molecule has 4 heteroatoms. The van der Waals surface area contributed by atoms with Gasteiger partial charge in [-0.2, -0.15) is 0 Å². The lowest BCUT2D eigenvalue weighted by Gasteiger charge is -2.11. The van der Waals surface area contributed by atoms with Crippen LogP contribution in [0, 0.1) is 0 Å². The van der Waals surface area contributed by atoms with Crippen LogP contribution in [0.25, 0.3) is 0 Å². The molecule has 100 valence electrons. The van der Waals surface area contributed by atoms with Crippen molar-refractivity contribution in [2.24, 2.45) is 0 Å². The second kappa shape index (κ2) is 6.66. The fourth-order valence-electron chi connectivity index (χ4n) is 1.72. The van der Waals surface area contributed by atoms with Crippen molar-refractivity contribution in [1.82, 2.24) is 5.43 Å². The van der Waals surface area contributed by atoms with Gasteiger partial charge in [-0.3, -0.25) is 0 Å². The summed E-state index contributed by atoms with van der Waals surface area (Å²) >= 11 is 0. The van der Waals surface area contributed by atoms with Crippen molar-refractivity contribution in [2.75, 3.05) is 12.0 Å². The van der Waals surface area contributed by atoms with Gasteiger partial charge in [0.25, 0.3) is 0 Å². The number of aromatic hydroxyl groups is 1. The molecule has 0 heterocycles. The molecule has 0 aliphatic carbocycles. The van der Waals surface area contributed by atoms with E-state index in [2.05, 4.69) is 10.9 Å². The van der Waals surface area contributed by atoms with Crippen LogP contribution in [0.4, 0.5) is 5.69 Å². The molecule has 3 N–H and O–H groups in total. The smallest absolute Gasteiger partial charge is 0.120 e. The van der Waals surface area contributed by atoms with Crippen LogP contribution in [-0.2, 0) is 6.54 Å². The molecular weight excluding hydrogens is 240 g/mol. The van der Waals surface area contributed by atoms with Crippen molar-refractivity contribution in [2.45, 2.75) is 13.5 Å². The van der Waals surface area contributed by atoms with Gasteiger partial charge in [-0.1, -0.05) is 18.2 Å². The Bertz CT molecular complexity index is 515. The molecule has 0 aliphatic heterocycles. The highest BCUT2D eigenvalue weighted by Crippen LogP contribution is 2.22. The monoisotopic (exact) mass is 258 g/mol. The minimum atomic E-state index is 0.255. The zero-order chi connectivity index (χ0) is 13.5. The van der Waals surface area contributed by atoms with Gasteiger partial charge in [0.15, 0.2) is 0 Å². The van der Waals surface area contributed by atoms with E-state index in [-0.39, 0.29) is 5.75 Å². The average molecular weight is 258 g/mol. The average Bonchev–Trinajstić information content (AvgIpc) is 2.44. The molecular formula is C15H18N2O2. The lowest BCUT2D eigenvalue weighted by molar-refractivity contribution is 0.338. The summed E-state index contributed by atoms with van der Waals surface area (Å²) in [6.45, 7) is 3.04. The molecule has 19 heavy (non-hydrogen) atoms. The maximum Gasteiger partial charge on any atom is 0.120 e. The quantitative estimate of drug-likeness (QED) is 0.697. The van der Waals surface area contributed by atoms with E-state index >= 15 is 0 Å². The Kier molecular flexibility index (Phi) is 4.64. The highest BCUT2D eigenvalue weighted by Gasteiger charge is 2.03. The van der Waals surface area contributed by atoms with Crippen LogP contribution >= 0.6 is 0 Å². The van der Waals surface area contributed by atoms with Gasteiger partial charge < -0.3 is 15.3 Å². The Balaban J connectivity index is 1.93. The molecule has 2 aromatic rings. The van der Waals surface area contributed by atoms with Gasteiger partial charge in [0, 0.05) is 17.8 Å². The van der Waals surface area contributed by atoms with Crippen LogP contribution in [0.3, 0.4) is 0 Å². The molecule has 0 amide bonds. The number of anilines is 1. The summed E-state index contributed by atoms with van der Waals surface area (Å²) in [5.41, 5.74) is 7.89. The van der Waals surface area contributed by atoms with Crippen molar-refractivity contribution in [3.63, 3.8) is 0 Å². The highest BCUT2D eigenvalue weighted by atomic mass is 16.5. The van der Waals surface area contributed by atoms with Crippen molar-refractivity contribution in [3.05, 3.63) is 54.1 Å². The maximum absolute atomic E-state index is 9.78. The predicted octanol–water partition coefficient (Wildman–Crippen LogP) is 2.91. The topological polar surface area (TPSA) is 53.5 Å². The number of hydrazine groups is 1. The number of phenolic OH excluding ortho intramolecular Hbond substituents is 1. The van der Waals surface area contributed by atoms with Gasteiger partial charge in [0.05, 0.1) is 6.61 Å². The number of hydrogen-bond acceptors (Lipinski definition) is 4. The van der Waals surface area contributed by atoms with Gasteiger partial charge in [-0.15, -0.1) is 0 Å². The summed E-state index contributed by atoms with van der Waals surface area (Å²) in [7, 11) is 0. The first kappa shape index (κ1) is 13.2. The first-order chi connectivity index (χ1) is 9.29. The molecule has 2 rings (SSSR count). The summed E-state index contributed by atoms with van der Waals surface area (Å²) in [6.07, 6.45) is 0. The minimum Gasteiger partial charge on any atom is -0.508 e. The molecule has 0 saturated heterocycles. The Morgan fingerprint density at radius 1 is 1.11 bits per heavy atom. The third-order valence-corrected chi connectivity index (χ3v) is 2.65. The first-order valence-corrected chi connectivity index (χ1v) is 6.28. The molecule has 0 radical (unpaired) electrons. The number of ether oxygens (including phenoxy) is 1. The molecule has 2 aromatic carbocycles. The number of benzene rings is 2. The van der Waals surface area contributed by atoms with E-state index in [9.17, 15) is 5.11 Å². The van der Waals surface area contributed by atoms with Crippen molar-refractivity contribution >= 4 is 5.69 Å². The molecule has 0 atom stereocenters. The van der Waals surface area contributed by atoms with Crippen molar-refractivity contribution in [3.8, 4) is 11.5 Å². The minimum absolute atomic E-state index is 0.255. The summed E-state index contributed by atoms with van der Waals surface area (Å²) in [5, 5.41) is 9.78.